The minimum absolute atomic E-state index is 0.347. The Hall–Kier alpha value is -0.510. The third kappa shape index (κ3) is 3.64. The van der Waals surface area contributed by atoms with Crippen LogP contribution in [0.25, 0.3) is 0 Å². The zero-order valence-corrected chi connectivity index (χ0v) is 13.9. The molecule has 0 amide bonds. The average molecular weight is 287 g/mol. The van der Waals surface area contributed by atoms with Crippen LogP contribution in [0.5, 0.6) is 0 Å². The molecular formula is C20H33N. The Morgan fingerprint density at radius 1 is 0.667 bits per heavy atom. The van der Waals surface area contributed by atoms with E-state index in [1.807, 2.05) is 0 Å². The molecule has 3 fully saturated rings. The van der Waals surface area contributed by atoms with Gasteiger partial charge in [0, 0.05) is 5.92 Å². The molecule has 3 atom stereocenters. The monoisotopic (exact) mass is 287 g/mol. The second-order valence-corrected chi connectivity index (χ2v) is 8.36. The third-order valence-electron chi connectivity index (χ3n) is 7.18. The van der Waals surface area contributed by atoms with Gasteiger partial charge in [-0.2, -0.15) is 5.26 Å². The van der Waals surface area contributed by atoms with Gasteiger partial charge in [-0.3, -0.25) is 0 Å². The lowest BCUT2D eigenvalue weighted by Gasteiger charge is -2.41. The van der Waals surface area contributed by atoms with Gasteiger partial charge in [-0.15, -0.1) is 0 Å². The van der Waals surface area contributed by atoms with Crippen LogP contribution in [-0.4, -0.2) is 0 Å². The van der Waals surface area contributed by atoms with Crippen molar-refractivity contribution in [2.24, 2.45) is 35.5 Å². The van der Waals surface area contributed by atoms with Crippen molar-refractivity contribution in [3.8, 4) is 6.07 Å². The molecule has 0 spiro atoms. The van der Waals surface area contributed by atoms with Gasteiger partial charge in [-0.05, 0) is 74.5 Å². The normalized spacial score (nSPS) is 42.4. The van der Waals surface area contributed by atoms with Crippen molar-refractivity contribution in [2.75, 3.05) is 0 Å². The molecule has 3 rings (SSSR count). The fourth-order valence-corrected chi connectivity index (χ4v) is 5.75. The first-order valence-electron chi connectivity index (χ1n) is 9.67. The molecule has 1 nitrogen and oxygen atoms in total. The standard InChI is InChI=1S/C20H33N/c1-15-13-19(11-12-20(15)14-21)18-9-7-17(8-10-18)16-5-3-2-4-6-16/h15-20H,2-13H2,1H3. The van der Waals surface area contributed by atoms with Gasteiger partial charge >= 0.3 is 0 Å². The number of hydrogen-bond acceptors (Lipinski definition) is 1. The zero-order chi connectivity index (χ0) is 14.7. The van der Waals surface area contributed by atoms with Gasteiger partial charge < -0.3 is 0 Å². The summed E-state index contributed by atoms with van der Waals surface area (Å²) in [7, 11) is 0. The highest BCUT2D eigenvalue weighted by molar-refractivity contribution is 4.93. The van der Waals surface area contributed by atoms with Crippen LogP contribution in [0, 0.1) is 46.8 Å². The summed E-state index contributed by atoms with van der Waals surface area (Å²) in [5, 5.41) is 9.19. The van der Waals surface area contributed by atoms with Gasteiger partial charge in [0.15, 0.2) is 0 Å². The molecule has 3 saturated carbocycles. The topological polar surface area (TPSA) is 23.8 Å². The molecule has 0 saturated heterocycles. The highest BCUT2D eigenvalue weighted by Crippen LogP contribution is 2.46. The van der Waals surface area contributed by atoms with Crippen LogP contribution in [0.2, 0.25) is 0 Å². The molecule has 118 valence electrons. The molecule has 1 heteroatoms. The van der Waals surface area contributed by atoms with Crippen molar-refractivity contribution in [3.63, 3.8) is 0 Å². The number of nitriles is 1. The van der Waals surface area contributed by atoms with Crippen molar-refractivity contribution in [2.45, 2.75) is 84.0 Å². The van der Waals surface area contributed by atoms with E-state index in [9.17, 15) is 5.26 Å². The van der Waals surface area contributed by atoms with E-state index in [0.717, 1.165) is 23.7 Å². The van der Waals surface area contributed by atoms with E-state index in [1.165, 1.54) is 77.0 Å². The fourth-order valence-electron chi connectivity index (χ4n) is 5.75. The Bertz CT molecular complexity index is 355. The van der Waals surface area contributed by atoms with Crippen LogP contribution in [0.15, 0.2) is 0 Å². The molecule has 0 radical (unpaired) electrons. The summed E-state index contributed by atoms with van der Waals surface area (Å²) in [5.41, 5.74) is 0. The van der Waals surface area contributed by atoms with E-state index in [0.29, 0.717) is 11.8 Å². The van der Waals surface area contributed by atoms with Gasteiger partial charge in [0.05, 0.1) is 6.07 Å². The van der Waals surface area contributed by atoms with Crippen LogP contribution >= 0.6 is 0 Å². The highest BCUT2D eigenvalue weighted by atomic mass is 14.4. The van der Waals surface area contributed by atoms with E-state index >= 15 is 0 Å². The second-order valence-electron chi connectivity index (χ2n) is 8.36. The number of rotatable bonds is 2. The van der Waals surface area contributed by atoms with E-state index in [4.69, 9.17) is 0 Å². The van der Waals surface area contributed by atoms with E-state index in [-0.39, 0.29) is 0 Å². The van der Waals surface area contributed by atoms with E-state index < -0.39 is 0 Å². The predicted octanol–water partition coefficient (Wildman–Crippen LogP) is 5.95. The van der Waals surface area contributed by atoms with Crippen LogP contribution in [0.1, 0.15) is 84.0 Å². The minimum atomic E-state index is 0.347. The van der Waals surface area contributed by atoms with Crippen molar-refractivity contribution < 1.29 is 0 Å². The van der Waals surface area contributed by atoms with Crippen molar-refractivity contribution in [1.29, 1.82) is 5.26 Å². The SMILES string of the molecule is CC1CC(C2CCC(C3CCCCC3)CC2)CCC1C#N. The maximum absolute atomic E-state index is 9.19. The number of nitrogens with zero attached hydrogens (tertiary/aromatic N) is 1. The first kappa shape index (κ1) is 15.4. The Morgan fingerprint density at radius 2 is 1.19 bits per heavy atom. The summed E-state index contributed by atoms with van der Waals surface area (Å²) in [4.78, 5) is 0. The lowest BCUT2D eigenvalue weighted by Crippen LogP contribution is -2.31. The summed E-state index contributed by atoms with van der Waals surface area (Å²) in [6.07, 6.45) is 17.4. The Labute approximate surface area is 131 Å². The summed E-state index contributed by atoms with van der Waals surface area (Å²) < 4.78 is 0. The quantitative estimate of drug-likeness (QED) is 0.615. The first-order chi connectivity index (χ1) is 10.3. The van der Waals surface area contributed by atoms with Crippen molar-refractivity contribution in [3.05, 3.63) is 0 Å². The lowest BCUT2D eigenvalue weighted by atomic mass is 9.64. The second kappa shape index (κ2) is 7.17. The smallest absolute Gasteiger partial charge is 0.0658 e. The zero-order valence-electron chi connectivity index (χ0n) is 13.9. The van der Waals surface area contributed by atoms with Crippen LogP contribution in [-0.2, 0) is 0 Å². The summed E-state index contributed by atoms with van der Waals surface area (Å²) >= 11 is 0. The van der Waals surface area contributed by atoms with E-state index in [1.54, 1.807) is 0 Å². The highest BCUT2D eigenvalue weighted by Gasteiger charge is 2.35. The molecule has 0 heterocycles. The molecule has 0 bridgehead atoms. The Morgan fingerprint density at radius 3 is 1.76 bits per heavy atom. The molecule has 0 N–H and O–H groups in total. The van der Waals surface area contributed by atoms with Gasteiger partial charge in [0.2, 0.25) is 0 Å². The molecule has 0 aromatic rings. The largest absolute Gasteiger partial charge is 0.198 e. The maximum atomic E-state index is 9.19. The summed E-state index contributed by atoms with van der Waals surface area (Å²) in [6, 6.07) is 2.53. The fraction of sp³-hybridized carbons (Fsp3) is 0.950. The molecule has 0 aromatic carbocycles. The molecule has 0 aliphatic heterocycles. The average Bonchev–Trinajstić information content (AvgIpc) is 2.56. The molecular weight excluding hydrogens is 254 g/mol. The molecule has 0 aromatic heterocycles. The molecule has 3 aliphatic carbocycles. The van der Waals surface area contributed by atoms with E-state index in [2.05, 4.69) is 13.0 Å². The third-order valence-corrected chi connectivity index (χ3v) is 7.18. The van der Waals surface area contributed by atoms with Gasteiger partial charge in [-0.1, -0.05) is 39.0 Å². The Kier molecular flexibility index (Phi) is 5.25. The molecule has 3 unspecified atom stereocenters. The lowest BCUT2D eigenvalue weighted by molar-refractivity contribution is 0.101. The first-order valence-corrected chi connectivity index (χ1v) is 9.67. The van der Waals surface area contributed by atoms with Crippen molar-refractivity contribution in [1.82, 2.24) is 0 Å². The molecule has 21 heavy (non-hydrogen) atoms. The molecule has 3 aliphatic rings. The van der Waals surface area contributed by atoms with Crippen LogP contribution in [0.3, 0.4) is 0 Å². The van der Waals surface area contributed by atoms with Gasteiger partial charge in [0.25, 0.3) is 0 Å². The minimum Gasteiger partial charge on any atom is -0.198 e. The number of hydrogen-bond donors (Lipinski definition) is 0. The maximum Gasteiger partial charge on any atom is 0.0658 e. The predicted molar refractivity (Wildman–Crippen MR) is 87.6 cm³/mol. The van der Waals surface area contributed by atoms with Crippen LogP contribution in [0.4, 0.5) is 0 Å². The van der Waals surface area contributed by atoms with Crippen LogP contribution < -0.4 is 0 Å². The van der Waals surface area contributed by atoms with Gasteiger partial charge in [-0.25, -0.2) is 0 Å². The summed E-state index contributed by atoms with van der Waals surface area (Å²) in [5.74, 6) is 5.07. The van der Waals surface area contributed by atoms with Gasteiger partial charge in [0.1, 0.15) is 0 Å². The summed E-state index contributed by atoms with van der Waals surface area (Å²) in [6.45, 7) is 2.31. The Balaban J connectivity index is 1.46. The van der Waals surface area contributed by atoms with Crippen molar-refractivity contribution >= 4 is 0 Å².